The molecule has 96 valence electrons. The van der Waals surface area contributed by atoms with Crippen molar-refractivity contribution in [2.45, 2.75) is 24.8 Å². The number of carbonyl (C=O) groups is 2. The van der Waals surface area contributed by atoms with E-state index >= 15 is 0 Å². The molecule has 0 radical (unpaired) electrons. The highest BCUT2D eigenvalue weighted by Crippen LogP contribution is 2.33. The van der Waals surface area contributed by atoms with Crippen LogP contribution in [-0.2, 0) is 4.79 Å². The number of carboxylic acids is 1. The number of carbonyl (C=O) groups excluding carboxylic acids is 1. The highest BCUT2D eigenvalue weighted by Gasteiger charge is 2.46. The van der Waals surface area contributed by atoms with E-state index in [2.05, 4.69) is 5.32 Å². The van der Waals surface area contributed by atoms with Gasteiger partial charge in [-0.15, -0.1) is 0 Å². The average Bonchev–Trinajstić information content (AvgIpc) is 2.26. The minimum Gasteiger partial charge on any atom is -0.508 e. The van der Waals surface area contributed by atoms with Crippen molar-refractivity contribution in [3.05, 3.63) is 23.8 Å². The number of aliphatic carboxylic acids is 1. The van der Waals surface area contributed by atoms with Crippen LogP contribution in [-0.4, -0.2) is 32.7 Å². The third kappa shape index (κ3) is 1.97. The van der Waals surface area contributed by atoms with E-state index in [0.29, 0.717) is 12.8 Å². The van der Waals surface area contributed by atoms with Gasteiger partial charge in [0.1, 0.15) is 17.0 Å². The fourth-order valence-corrected chi connectivity index (χ4v) is 1.91. The second-order valence-electron chi connectivity index (χ2n) is 4.40. The molecule has 1 aromatic rings. The maximum atomic E-state index is 11.9. The van der Waals surface area contributed by atoms with Crippen LogP contribution in [0.15, 0.2) is 18.2 Å². The van der Waals surface area contributed by atoms with Gasteiger partial charge in [-0.25, -0.2) is 4.79 Å². The molecule has 0 unspecified atom stereocenters. The summed E-state index contributed by atoms with van der Waals surface area (Å²) in [5, 5.41) is 30.3. The highest BCUT2D eigenvalue weighted by atomic mass is 16.4. The van der Waals surface area contributed by atoms with Crippen molar-refractivity contribution in [3.63, 3.8) is 0 Å². The number of phenolic OH excluding ortho intramolecular Hbond substituents is 2. The van der Waals surface area contributed by atoms with E-state index in [9.17, 15) is 19.8 Å². The number of phenols is 2. The van der Waals surface area contributed by atoms with Crippen LogP contribution < -0.4 is 5.32 Å². The predicted octanol–water partition coefficient (Wildman–Crippen LogP) is 0.835. The summed E-state index contributed by atoms with van der Waals surface area (Å²) in [4.78, 5) is 23.0. The molecule has 6 nitrogen and oxygen atoms in total. The van der Waals surface area contributed by atoms with Gasteiger partial charge in [0.25, 0.3) is 5.91 Å². The van der Waals surface area contributed by atoms with Crippen molar-refractivity contribution >= 4 is 11.9 Å². The summed E-state index contributed by atoms with van der Waals surface area (Å²) in [7, 11) is 0. The molecule has 0 aromatic heterocycles. The monoisotopic (exact) mass is 251 g/mol. The van der Waals surface area contributed by atoms with Crippen molar-refractivity contribution in [2.24, 2.45) is 0 Å². The van der Waals surface area contributed by atoms with E-state index in [4.69, 9.17) is 5.11 Å². The van der Waals surface area contributed by atoms with Crippen molar-refractivity contribution in [1.82, 2.24) is 5.32 Å². The molecule has 0 spiro atoms. The van der Waals surface area contributed by atoms with Gasteiger partial charge in [0.15, 0.2) is 0 Å². The van der Waals surface area contributed by atoms with E-state index in [-0.39, 0.29) is 17.1 Å². The lowest BCUT2D eigenvalue weighted by atomic mass is 9.76. The minimum absolute atomic E-state index is 0.137. The van der Waals surface area contributed by atoms with Gasteiger partial charge in [-0.1, -0.05) is 0 Å². The fourth-order valence-electron chi connectivity index (χ4n) is 1.91. The number of hydrogen-bond donors (Lipinski definition) is 4. The van der Waals surface area contributed by atoms with E-state index in [1.807, 2.05) is 0 Å². The van der Waals surface area contributed by atoms with Crippen LogP contribution in [0.1, 0.15) is 29.6 Å². The Morgan fingerprint density at radius 1 is 1.22 bits per heavy atom. The smallest absolute Gasteiger partial charge is 0.329 e. The molecule has 6 heteroatoms. The zero-order valence-corrected chi connectivity index (χ0v) is 9.51. The van der Waals surface area contributed by atoms with Crippen molar-refractivity contribution in [2.75, 3.05) is 0 Å². The van der Waals surface area contributed by atoms with Crippen LogP contribution in [0.2, 0.25) is 0 Å². The van der Waals surface area contributed by atoms with E-state index in [0.717, 1.165) is 12.5 Å². The molecule has 1 aromatic carbocycles. The number of carboxylic acid groups (broad SMARTS) is 1. The zero-order valence-electron chi connectivity index (χ0n) is 9.51. The van der Waals surface area contributed by atoms with Crippen LogP contribution in [0.5, 0.6) is 11.5 Å². The lowest BCUT2D eigenvalue weighted by molar-refractivity contribution is -0.148. The number of benzene rings is 1. The number of hydrogen-bond acceptors (Lipinski definition) is 4. The molecule has 1 fully saturated rings. The summed E-state index contributed by atoms with van der Waals surface area (Å²) in [5.74, 6) is -2.26. The minimum atomic E-state index is -1.24. The largest absolute Gasteiger partial charge is 0.508 e. The normalized spacial score (nSPS) is 16.7. The van der Waals surface area contributed by atoms with Gasteiger partial charge >= 0.3 is 5.97 Å². The van der Waals surface area contributed by atoms with Gasteiger partial charge in [-0.3, -0.25) is 4.79 Å². The predicted molar refractivity (Wildman–Crippen MR) is 61.5 cm³/mol. The van der Waals surface area contributed by atoms with Crippen molar-refractivity contribution in [1.29, 1.82) is 0 Å². The lowest BCUT2D eigenvalue weighted by Crippen LogP contribution is -2.59. The first-order chi connectivity index (χ1) is 8.44. The molecular weight excluding hydrogens is 238 g/mol. The summed E-state index contributed by atoms with van der Waals surface area (Å²) in [6.45, 7) is 0. The van der Waals surface area contributed by atoms with Gasteiger partial charge in [-0.05, 0) is 37.5 Å². The van der Waals surface area contributed by atoms with Gasteiger partial charge in [0.2, 0.25) is 0 Å². The number of rotatable bonds is 3. The molecule has 0 aliphatic heterocycles. The fraction of sp³-hybridized carbons (Fsp3) is 0.333. The second kappa shape index (κ2) is 4.21. The number of aromatic hydroxyl groups is 2. The number of amides is 1. The van der Waals surface area contributed by atoms with Crippen LogP contribution in [0.4, 0.5) is 0 Å². The Kier molecular flexibility index (Phi) is 2.86. The molecule has 1 amide bonds. The topological polar surface area (TPSA) is 107 Å². The SMILES string of the molecule is O=C(NC1(C(=O)O)CCC1)c1cc(O)ccc1O. The molecule has 0 bridgehead atoms. The Morgan fingerprint density at radius 2 is 1.89 bits per heavy atom. The maximum absolute atomic E-state index is 11.9. The van der Waals surface area contributed by atoms with Crippen LogP contribution in [0, 0.1) is 0 Å². The lowest BCUT2D eigenvalue weighted by Gasteiger charge is -2.38. The average molecular weight is 251 g/mol. The summed E-state index contributed by atoms with van der Waals surface area (Å²) >= 11 is 0. The standard InChI is InChI=1S/C12H13NO5/c14-7-2-3-9(15)8(6-7)10(16)13-12(11(17)18)4-1-5-12/h2-3,6,14-15H,1,4-5H2,(H,13,16)(H,17,18). The zero-order chi connectivity index (χ0) is 13.3. The van der Waals surface area contributed by atoms with Crippen molar-refractivity contribution < 1.29 is 24.9 Å². The Balaban J connectivity index is 2.22. The molecule has 1 saturated carbocycles. The van der Waals surface area contributed by atoms with E-state index in [1.165, 1.54) is 12.1 Å². The first kappa shape index (κ1) is 12.2. The second-order valence-corrected chi connectivity index (χ2v) is 4.40. The summed E-state index contributed by atoms with van der Waals surface area (Å²) in [6, 6.07) is 3.51. The molecule has 0 atom stereocenters. The Hall–Kier alpha value is -2.24. The van der Waals surface area contributed by atoms with Crippen LogP contribution >= 0.6 is 0 Å². The van der Waals surface area contributed by atoms with Crippen LogP contribution in [0.25, 0.3) is 0 Å². The summed E-state index contributed by atoms with van der Waals surface area (Å²) in [5.41, 5.74) is -1.38. The molecule has 1 aliphatic carbocycles. The Bertz CT molecular complexity index is 507. The molecule has 2 rings (SSSR count). The molecule has 0 saturated heterocycles. The molecular formula is C12H13NO5. The first-order valence-corrected chi connectivity index (χ1v) is 5.52. The molecule has 18 heavy (non-hydrogen) atoms. The molecule has 1 aliphatic rings. The van der Waals surface area contributed by atoms with Crippen LogP contribution in [0.3, 0.4) is 0 Å². The maximum Gasteiger partial charge on any atom is 0.329 e. The highest BCUT2D eigenvalue weighted by molar-refractivity contribution is 6.00. The van der Waals surface area contributed by atoms with Gasteiger partial charge < -0.3 is 20.6 Å². The first-order valence-electron chi connectivity index (χ1n) is 5.52. The number of nitrogens with one attached hydrogen (secondary N) is 1. The van der Waals surface area contributed by atoms with Gasteiger partial charge in [0.05, 0.1) is 5.56 Å². The Morgan fingerprint density at radius 3 is 2.39 bits per heavy atom. The summed E-state index contributed by atoms with van der Waals surface area (Å²) < 4.78 is 0. The molecule has 0 heterocycles. The van der Waals surface area contributed by atoms with E-state index < -0.39 is 17.4 Å². The third-order valence-electron chi connectivity index (χ3n) is 3.19. The Labute approximate surface area is 103 Å². The third-order valence-corrected chi connectivity index (χ3v) is 3.19. The van der Waals surface area contributed by atoms with Gasteiger partial charge in [-0.2, -0.15) is 0 Å². The van der Waals surface area contributed by atoms with Crippen molar-refractivity contribution in [3.8, 4) is 11.5 Å². The summed E-state index contributed by atoms with van der Waals surface area (Å²) in [6.07, 6.45) is 1.47. The van der Waals surface area contributed by atoms with E-state index in [1.54, 1.807) is 0 Å². The molecule has 4 N–H and O–H groups in total. The quantitative estimate of drug-likeness (QED) is 0.595. The van der Waals surface area contributed by atoms with Gasteiger partial charge in [0, 0.05) is 0 Å².